The number of carbonyl (C=O) groups is 2. The highest BCUT2D eigenvalue weighted by atomic mass is 16.6. The highest BCUT2D eigenvalue weighted by Gasteiger charge is 2.21. The molecule has 0 amide bonds. The number of carbonyl (C=O) groups excluding carboxylic acids is 2. The second-order valence-electron chi connectivity index (χ2n) is 8.78. The summed E-state index contributed by atoms with van der Waals surface area (Å²) in [5.74, 6) is 0.609. The number of hydrogen-bond donors (Lipinski definition) is 0. The Balaban J connectivity index is 1.82. The fraction of sp³-hybridized carbons (Fsp3) is 0.533. The van der Waals surface area contributed by atoms with Crippen molar-refractivity contribution in [1.82, 2.24) is 0 Å². The van der Waals surface area contributed by atoms with Gasteiger partial charge in [0, 0.05) is 13.0 Å². The van der Waals surface area contributed by atoms with E-state index in [-0.39, 0.29) is 11.9 Å². The van der Waals surface area contributed by atoms with E-state index in [1.165, 1.54) is 38.5 Å². The predicted octanol–water partition coefficient (Wildman–Crippen LogP) is 7.29. The standard InChI is InChI=1S/C30H42O6/c1-4-7-8-9-10-11-12-13-22-35-28(30(32)34-6-3)23-24-14-18-26(19-15-24)36-27-20-16-25(17-21-27)29(31)33-5-2/h14-21,28H,4-13,22-23H2,1-3H3. The van der Waals surface area contributed by atoms with Crippen LogP contribution in [0.25, 0.3) is 0 Å². The molecule has 2 rings (SSSR count). The summed E-state index contributed by atoms with van der Waals surface area (Å²) < 4.78 is 22.0. The molecule has 0 saturated carbocycles. The first-order valence-electron chi connectivity index (χ1n) is 13.4. The van der Waals surface area contributed by atoms with E-state index in [9.17, 15) is 9.59 Å². The molecule has 0 aliphatic carbocycles. The van der Waals surface area contributed by atoms with Gasteiger partial charge in [0.15, 0.2) is 6.10 Å². The van der Waals surface area contributed by atoms with E-state index < -0.39 is 6.10 Å². The van der Waals surface area contributed by atoms with E-state index in [0.717, 1.165) is 18.4 Å². The molecule has 1 atom stereocenters. The lowest BCUT2D eigenvalue weighted by Crippen LogP contribution is -2.29. The number of ether oxygens (including phenoxy) is 4. The van der Waals surface area contributed by atoms with E-state index in [2.05, 4.69) is 6.92 Å². The SMILES string of the molecule is CCCCCCCCCCOC(Cc1ccc(Oc2ccc(C(=O)OCC)cc2)cc1)C(=O)OCC. The topological polar surface area (TPSA) is 71.1 Å². The Kier molecular flexibility index (Phi) is 14.3. The number of benzene rings is 2. The summed E-state index contributed by atoms with van der Waals surface area (Å²) in [5.41, 5.74) is 1.45. The van der Waals surface area contributed by atoms with Gasteiger partial charge < -0.3 is 18.9 Å². The molecule has 2 aromatic rings. The normalized spacial score (nSPS) is 11.6. The highest BCUT2D eigenvalue weighted by molar-refractivity contribution is 5.89. The van der Waals surface area contributed by atoms with E-state index in [0.29, 0.717) is 43.3 Å². The van der Waals surface area contributed by atoms with E-state index in [4.69, 9.17) is 18.9 Å². The zero-order chi connectivity index (χ0) is 26.0. The van der Waals surface area contributed by atoms with Crippen LogP contribution in [-0.2, 0) is 25.4 Å². The number of rotatable bonds is 18. The fourth-order valence-electron chi connectivity index (χ4n) is 3.82. The first-order valence-corrected chi connectivity index (χ1v) is 13.4. The minimum atomic E-state index is -0.614. The molecule has 0 bridgehead atoms. The van der Waals surface area contributed by atoms with Crippen LogP contribution < -0.4 is 4.74 Å². The Labute approximate surface area is 216 Å². The van der Waals surface area contributed by atoms with Crippen LogP contribution in [0.2, 0.25) is 0 Å². The van der Waals surface area contributed by atoms with Crippen LogP contribution in [0.3, 0.4) is 0 Å². The minimum Gasteiger partial charge on any atom is -0.464 e. The zero-order valence-corrected chi connectivity index (χ0v) is 22.1. The summed E-state index contributed by atoms with van der Waals surface area (Å²) in [6, 6.07) is 14.4. The third-order valence-corrected chi connectivity index (χ3v) is 5.81. The van der Waals surface area contributed by atoms with Crippen LogP contribution in [0.15, 0.2) is 48.5 Å². The van der Waals surface area contributed by atoms with Crippen LogP contribution in [-0.4, -0.2) is 37.9 Å². The molecule has 0 saturated heterocycles. The van der Waals surface area contributed by atoms with Crippen molar-refractivity contribution in [2.24, 2.45) is 0 Å². The molecule has 198 valence electrons. The molecule has 0 radical (unpaired) electrons. The van der Waals surface area contributed by atoms with Gasteiger partial charge in [0.2, 0.25) is 0 Å². The smallest absolute Gasteiger partial charge is 0.338 e. The van der Waals surface area contributed by atoms with Gasteiger partial charge in [0.25, 0.3) is 0 Å². The molecule has 2 aromatic carbocycles. The maximum Gasteiger partial charge on any atom is 0.338 e. The van der Waals surface area contributed by atoms with Crippen molar-refractivity contribution in [3.63, 3.8) is 0 Å². The Bertz CT molecular complexity index is 875. The van der Waals surface area contributed by atoms with E-state index >= 15 is 0 Å². The average Bonchev–Trinajstić information content (AvgIpc) is 2.88. The van der Waals surface area contributed by atoms with Gasteiger partial charge in [-0.25, -0.2) is 9.59 Å². The molecular formula is C30H42O6. The fourth-order valence-corrected chi connectivity index (χ4v) is 3.82. The van der Waals surface area contributed by atoms with E-state index in [1.807, 2.05) is 24.3 Å². The van der Waals surface area contributed by atoms with Crippen LogP contribution in [0.5, 0.6) is 11.5 Å². The van der Waals surface area contributed by atoms with Crippen molar-refractivity contribution in [3.8, 4) is 11.5 Å². The number of unbranched alkanes of at least 4 members (excludes halogenated alkanes) is 7. The van der Waals surface area contributed by atoms with E-state index in [1.54, 1.807) is 38.1 Å². The first kappa shape index (κ1) is 29.4. The van der Waals surface area contributed by atoms with Crippen LogP contribution in [0.4, 0.5) is 0 Å². The van der Waals surface area contributed by atoms with Gasteiger partial charge in [-0.1, -0.05) is 64.0 Å². The molecule has 0 fully saturated rings. The molecule has 1 unspecified atom stereocenters. The Morgan fingerprint density at radius 3 is 1.83 bits per heavy atom. The predicted molar refractivity (Wildman–Crippen MR) is 142 cm³/mol. The summed E-state index contributed by atoms with van der Waals surface area (Å²) in [6.07, 6.45) is 9.60. The Morgan fingerprint density at radius 2 is 1.25 bits per heavy atom. The number of hydrogen-bond acceptors (Lipinski definition) is 6. The third kappa shape index (κ3) is 11.3. The third-order valence-electron chi connectivity index (χ3n) is 5.81. The molecule has 0 spiro atoms. The van der Waals surface area contributed by atoms with Gasteiger partial charge in [-0.3, -0.25) is 0 Å². The van der Waals surface area contributed by atoms with Crippen molar-refractivity contribution < 1.29 is 28.5 Å². The monoisotopic (exact) mass is 498 g/mol. The van der Waals surface area contributed by atoms with Crippen molar-refractivity contribution >= 4 is 11.9 Å². The van der Waals surface area contributed by atoms with Crippen molar-refractivity contribution in [2.45, 2.75) is 84.7 Å². The molecule has 6 heteroatoms. The largest absolute Gasteiger partial charge is 0.464 e. The molecule has 0 N–H and O–H groups in total. The summed E-state index contributed by atoms with van der Waals surface area (Å²) in [5, 5.41) is 0. The summed E-state index contributed by atoms with van der Waals surface area (Å²) in [7, 11) is 0. The summed E-state index contributed by atoms with van der Waals surface area (Å²) in [6.45, 7) is 7.04. The van der Waals surface area contributed by atoms with Crippen molar-refractivity contribution in [3.05, 3.63) is 59.7 Å². The van der Waals surface area contributed by atoms with Crippen LogP contribution in [0.1, 0.15) is 88.1 Å². The maximum absolute atomic E-state index is 12.4. The lowest BCUT2D eigenvalue weighted by atomic mass is 10.1. The summed E-state index contributed by atoms with van der Waals surface area (Å²) >= 11 is 0. The molecule has 6 nitrogen and oxygen atoms in total. The second kappa shape index (κ2) is 17.6. The molecule has 36 heavy (non-hydrogen) atoms. The van der Waals surface area contributed by atoms with Gasteiger partial charge in [0.05, 0.1) is 18.8 Å². The van der Waals surface area contributed by atoms with Gasteiger partial charge in [-0.2, -0.15) is 0 Å². The zero-order valence-electron chi connectivity index (χ0n) is 22.1. The van der Waals surface area contributed by atoms with Gasteiger partial charge in [-0.15, -0.1) is 0 Å². The highest BCUT2D eigenvalue weighted by Crippen LogP contribution is 2.23. The second-order valence-corrected chi connectivity index (χ2v) is 8.78. The minimum absolute atomic E-state index is 0.320. The quantitative estimate of drug-likeness (QED) is 0.159. The Hall–Kier alpha value is -2.86. The van der Waals surface area contributed by atoms with Crippen molar-refractivity contribution in [2.75, 3.05) is 19.8 Å². The van der Waals surface area contributed by atoms with Crippen LogP contribution >= 0.6 is 0 Å². The molecule has 0 aliphatic rings. The molecular weight excluding hydrogens is 456 g/mol. The lowest BCUT2D eigenvalue weighted by Gasteiger charge is -2.17. The summed E-state index contributed by atoms with van der Waals surface area (Å²) in [4.78, 5) is 24.2. The average molecular weight is 499 g/mol. The van der Waals surface area contributed by atoms with Gasteiger partial charge >= 0.3 is 11.9 Å². The molecule has 0 heterocycles. The first-order chi connectivity index (χ1) is 17.6. The molecule has 0 aliphatic heterocycles. The number of esters is 2. The van der Waals surface area contributed by atoms with Gasteiger partial charge in [0.1, 0.15) is 11.5 Å². The maximum atomic E-state index is 12.4. The van der Waals surface area contributed by atoms with Gasteiger partial charge in [-0.05, 0) is 62.2 Å². The van der Waals surface area contributed by atoms with Crippen LogP contribution in [0, 0.1) is 0 Å². The van der Waals surface area contributed by atoms with Crippen molar-refractivity contribution in [1.29, 1.82) is 0 Å². The molecule has 0 aromatic heterocycles. The lowest BCUT2D eigenvalue weighted by molar-refractivity contribution is -0.156. The Morgan fingerprint density at radius 1 is 0.694 bits per heavy atom.